The zero-order chi connectivity index (χ0) is 32.5. The van der Waals surface area contributed by atoms with Crippen LogP contribution in [-0.2, 0) is 5.41 Å². The Morgan fingerprint density at radius 2 is 1.02 bits per heavy atom. The van der Waals surface area contributed by atoms with Gasteiger partial charge in [-0.05, 0) is 109 Å². The molecule has 0 radical (unpaired) electrons. The van der Waals surface area contributed by atoms with Crippen LogP contribution in [0, 0.1) is 29.1 Å². The van der Waals surface area contributed by atoms with Crippen molar-refractivity contribution in [3.63, 3.8) is 0 Å². The Kier molecular flexibility index (Phi) is 6.36. The van der Waals surface area contributed by atoms with E-state index in [9.17, 15) is 5.26 Å². The van der Waals surface area contributed by atoms with Gasteiger partial charge in [0.05, 0.1) is 11.6 Å². The molecule has 0 aliphatic heterocycles. The van der Waals surface area contributed by atoms with Gasteiger partial charge in [0.1, 0.15) is 11.2 Å². The largest absolute Gasteiger partial charge is 0.456 e. The van der Waals surface area contributed by atoms with E-state index in [1.807, 2.05) is 30.3 Å². The third-order valence-electron chi connectivity index (χ3n) is 11.5. The maximum Gasteiger partial charge on any atom is 0.164 e. The molecule has 2 aromatic heterocycles. The lowest BCUT2D eigenvalue weighted by Crippen LogP contribution is -2.48. The van der Waals surface area contributed by atoms with Crippen molar-refractivity contribution in [3.8, 4) is 51.4 Å². The quantitative estimate of drug-likeness (QED) is 0.188. The number of benzene rings is 5. The van der Waals surface area contributed by atoms with Gasteiger partial charge in [0, 0.05) is 27.5 Å². The smallest absolute Gasteiger partial charge is 0.164 e. The number of hydrogen-bond donors (Lipinski definition) is 0. The van der Waals surface area contributed by atoms with Crippen molar-refractivity contribution >= 4 is 21.9 Å². The SMILES string of the molecule is N#Cc1ccc2c(c1)oc1cc(-c3ccc(-c4nc(-c5ccccc5)nc(-c5ccc(C67CC8C[C@H](C6)C[C@@H](C8)C7)cc5)n4)cc3)ccc12. The average Bonchev–Trinajstić information content (AvgIpc) is 3.52. The first-order chi connectivity index (χ1) is 24.1. The number of aromatic nitrogens is 3. The van der Waals surface area contributed by atoms with E-state index >= 15 is 0 Å². The summed E-state index contributed by atoms with van der Waals surface area (Å²) in [6.45, 7) is 0. The summed E-state index contributed by atoms with van der Waals surface area (Å²) in [7, 11) is 0. The van der Waals surface area contributed by atoms with Gasteiger partial charge in [-0.3, -0.25) is 0 Å². The molecule has 236 valence electrons. The second-order valence-corrected chi connectivity index (χ2v) is 14.7. The molecule has 4 fully saturated rings. The lowest BCUT2D eigenvalue weighted by molar-refractivity contribution is -0.00518. The van der Waals surface area contributed by atoms with E-state index < -0.39 is 0 Å². The van der Waals surface area contributed by atoms with Crippen LogP contribution in [0.15, 0.2) is 120 Å². The number of rotatable bonds is 5. The summed E-state index contributed by atoms with van der Waals surface area (Å²) >= 11 is 0. The molecule has 4 saturated carbocycles. The van der Waals surface area contributed by atoms with E-state index in [4.69, 9.17) is 19.4 Å². The first-order valence-electron chi connectivity index (χ1n) is 17.5. The molecule has 0 spiro atoms. The first kappa shape index (κ1) is 28.4. The van der Waals surface area contributed by atoms with Gasteiger partial charge >= 0.3 is 0 Å². The fraction of sp³-hybridized carbons (Fsp3) is 0.227. The number of nitrogens with zero attached hydrogens (tertiary/aromatic N) is 4. The minimum atomic E-state index is 0.365. The van der Waals surface area contributed by atoms with Gasteiger partial charge in [0.2, 0.25) is 0 Å². The maximum atomic E-state index is 9.30. The van der Waals surface area contributed by atoms with Crippen LogP contribution in [0.25, 0.3) is 67.2 Å². The Hall–Kier alpha value is -5.60. The number of nitriles is 1. The Labute approximate surface area is 285 Å². The van der Waals surface area contributed by atoms with E-state index in [1.165, 1.54) is 44.1 Å². The molecule has 0 amide bonds. The minimum Gasteiger partial charge on any atom is -0.456 e. The van der Waals surface area contributed by atoms with Crippen molar-refractivity contribution in [2.45, 2.75) is 43.9 Å². The van der Waals surface area contributed by atoms with Gasteiger partial charge in [-0.15, -0.1) is 0 Å². The lowest BCUT2D eigenvalue weighted by atomic mass is 9.48. The summed E-state index contributed by atoms with van der Waals surface area (Å²) in [4.78, 5) is 15.0. The highest BCUT2D eigenvalue weighted by Gasteiger charge is 2.51. The zero-order valence-electron chi connectivity index (χ0n) is 27.1. The maximum absolute atomic E-state index is 9.30. The summed E-state index contributed by atoms with van der Waals surface area (Å²) in [5.41, 5.74) is 9.04. The summed E-state index contributed by atoms with van der Waals surface area (Å²) in [5.74, 6) is 4.78. The van der Waals surface area contributed by atoms with Crippen molar-refractivity contribution in [1.29, 1.82) is 5.26 Å². The molecule has 0 unspecified atom stereocenters. The van der Waals surface area contributed by atoms with Crippen molar-refractivity contribution in [2.24, 2.45) is 17.8 Å². The third kappa shape index (κ3) is 4.85. The molecule has 4 bridgehead atoms. The van der Waals surface area contributed by atoms with E-state index in [0.29, 0.717) is 28.5 Å². The highest BCUT2D eigenvalue weighted by atomic mass is 16.3. The van der Waals surface area contributed by atoms with Crippen molar-refractivity contribution in [1.82, 2.24) is 15.0 Å². The highest BCUT2D eigenvalue weighted by Crippen LogP contribution is 2.60. The van der Waals surface area contributed by atoms with Crippen LogP contribution in [-0.4, -0.2) is 15.0 Å². The first-order valence-corrected chi connectivity index (χ1v) is 17.5. The molecule has 2 heterocycles. The monoisotopic (exact) mass is 634 g/mol. The van der Waals surface area contributed by atoms with Gasteiger partial charge in [-0.1, -0.05) is 84.9 Å². The molecule has 5 nitrogen and oxygen atoms in total. The summed E-state index contributed by atoms with van der Waals surface area (Å²) in [5, 5.41) is 11.4. The number of furan rings is 1. The van der Waals surface area contributed by atoms with E-state index in [0.717, 1.165) is 67.5 Å². The molecule has 4 aliphatic rings. The molecule has 0 N–H and O–H groups in total. The molecular weight excluding hydrogens is 601 g/mol. The molecule has 0 saturated heterocycles. The van der Waals surface area contributed by atoms with Gasteiger partial charge in [-0.2, -0.15) is 5.26 Å². The number of fused-ring (bicyclic) bond motifs is 3. The third-order valence-corrected chi connectivity index (χ3v) is 11.5. The highest BCUT2D eigenvalue weighted by molar-refractivity contribution is 6.06. The van der Waals surface area contributed by atoms with Crippen LogP contribution in [0.4, 0.5) is 0 Å². The molecular formula is C44H34N4O. The molecule has 7 aromatic rings. The minimum absolute atomic E-state index is 0.365. The summed E-state index contributed by atoms with van der Waals surface area (Å²) in [6, 6.07) is 41.8. The fourth-order valence-corrected chi connectivity index (χ4v) is 9.63. The standard InChI is InChI=1S/C44H34N4O/c45-26-27-6-16-37-38-17-13-35(22-40(38)49-39(37)21-27)31-7-9-33(10-8-31)42-46-41(32-4-2-1-3-5-32)47-43(48-42)34-11-14-36(15-12-34)44-23-28-18-29(24-44)20-30(19-28)25-44/h1-17,21-22,28-30H,18-20,23-25H2/t28-,29+,30?,44?. The summed E-state index contributed by atoms with van der Waals surface area (Å²) < 4.78 is 6.15. The molecule has 0 atom stereocenters. The molecule has 4 aliphatic carbocycles. The van der Waals surface area contributed by atoms with E-state index in [2.05, 4.69) is 84.9 Å². The second-order valence-electron chi connectivity index (χ2n) is 14.7. The van der Waals surface area contributed by atoms with Crippen LogP contribution >= 0.6 is 0 Å². The van der Waals surface area contributed by atoms with Gasteiger partial charge in [-0.25, -0.2) is 15.0 Å². The molecule has 5 heteroatoms. The molecule has 49 heavy (non-hydrogen) atoms. The Morgan fingerprint density at radius 1 is 0.531 bits per heavy atom. The van der Waals surface area contributed by atoms with Gasteiger partial charge in [0.15, 0.2) is 17.5 Å². The predicted octanol–water partition coefficient (Wildman–Crippen LogP) is 10.8. The zero-order valence-corrected chi connectivity index (χ0v) is 27.1. The topological polar surface area (TPSA) is 75.6 Å². The van der Waals surface area contributed by atoms with Crippen LogP contribution in [0.3, 0.4) is 0 Å². The van der Waals surface area contributed by atoms with Crippen LogP contribution in [0.1, 0.15) is 49.7 Å². The lowest BCUT2D eigenvalue weighted by Gasteiger charge is -2.57. The van der Waals surface area contributed by atoms with Gasteiger partial charge < -0.3 is 4.42 Å². The Balaban J connectivity index is 0.991. The average molecular weight is 635 g/mol. The second kappa shape index (κ2) is 11.0. The Bertz CT molecular complexity index is 2380. The van der Waals surface area contributed by atoms with Crippen molar-refractivity contribution < 1.29 is 4.42 Å². The van der Waals surface area contributed by atoms with Crippen molar-refractivity contribution in [2.75, 3.05) is 0 Å². The van der Waals surface area contributed by atoms with E-state index in [-0.39, 0.29) is 0 Å². The summed E-state index contributed by atoms with van der Waals surface area (Å²) in [6.07, 6.45) is 8.44. The normalized spacial score (nSPS) is 22.5. The predicted molar refractivity (Wildman–Crippen MR) is 193 cm³/mol. The molecule has 11 rings (SSSR count). The van der Waals surface area contributed by atoms with Crippen LogP contribution in [0.2, 0.25) is 0 Å². The van der Waals surface area contributed by atoms with E-state index in [1.54, 1.807) is 6.07 Å². The van der Waals surface area contributed by atoms with Crippen molar-refractivity contribution in [3.05, 3.63) is 126 Å². The van der Waals surface area contributed by atoms with Gasteiger partial charge in [0.25, 0.3) is 0 Å². The fourth-order valence-electron chi connectivity index (χ4n) is 9.63. The van der Waals surface area contributed by atoms with Crippen LogP contribution < -0.4 is 0 Å². The van der Waals surface area contributed by atoms with Crippen LogP contribution in [0.5, 0.6) is 0 Å². The molecule has 5 aromatic carbocycles. The number of hydrogen-bond acceptors (Lipinski definition) is 5. The Morgan fingerprint density at radius 3 is 1.61 bits per heavy atom.